The van der Waals surface area contributed by atoms with E-state index in [0.29, 0.717) is 0 Å². The predicted octanol–water partition coefficient (Wildman–Crippen LogP) is -0.0143. The fourth-order valence-electron chi connectivity index (χ4n) is 2.05. The van der Waals surface area contributed by atoms with E-state index in [9.17, 15) is 4.79 Å². The van der Waals surface area contributed by atoms with Crippen molar-refractivity contribution in [3.63, 3.8) is 0 Å². The average Bonchev–Trinajstić information content (AvgIpc) is 2.17. The smallest absolute Gasteiger partial charge is 0.239 e. The number of piperidine rings is 1. The Morgan fingerprint density at radius 3 is 2.79 bits per heavy atom. The van der Waals surface area contributed by atoms with Gasteiger partial charge in [0.05, 0.1) is 12.1 Å². The highest BCUT2D eigenvalue weighted by molar-refractivity contribution is 5.82. The van der Waals surface area contributed by atoms with Crippen molar-refractivity contribution in [3.05, 3.63) is 0 Å². The Balaban J connectivity index is 1.78. The highest BCUT2D eigenvalue weighted by atomic mass is 16.5. The van der Waals surface area contributed by atoms with Gasteiger partial charge in [0.2, 0.25) is 5.91 Å². The lowest BCUT2D eigenvalue weighted by atomic mass is 10.0. The second-order valence-corrected chi connectivity index (χ2v) is 4.10. The summed E-state index contributed by atoms with van der Waals surface area (Å²) in [4.78, 5) is 13.7. The molecule has 1 unspecified atom stereocenters. The summed E-state index contributed by atoms with van der Waals surface area (Å²) in [5, 5.41) is 3.27. The third kappa shape index (κ3) is 1.91. The average molecular weight is 198 g/mol. The molecule has 4 nitrogen and oxygen atoms in total. The van der Waals surface area contributed by atoms with Crippen LogP contribution in [0, 0.1) is 0 Å². The summed E-state index contributed by atoms with van der Waals surface area (Å²) in [6.45, 7) is 2.53. The fraction of sp³-hybridized carbons (Fsp3) is 0.900. The normalized spacial score (nSPS) is 28.6. The van der Waals surface area contributed by atoms with Gasteiger partial charge in [-0.05, 0) is 19.4 Å². The third-order valence-corrected chi connectivity index (χ3v) is 3.10. The van der Waals surface area contributed by atoms with Crippen LogP contribution in [0.2, 0.25) is 0 Å². The molecule has 2 fully saturated rings. The van der Waals surface area contributed by atoms with E-state index in [2.05, 4.69) is 5.32 Å². The molecule has 1 N–H and O–H groups in total. The maximum atomic E-state index is 11.8. The minimum Gasteiger partial charge on any atom is -0.378 e. The molecule has 0 aromatic heterocycles. The molecule has 0 radical (unpaired) electrons. The van der Waals surface area contributed by atoms with Crippen molar-refractivity contribution in [2.24, 2.45) is 0 Å². The van der Waals surface area contributed by atoms with Gasteiger partial charge in [-0.1, -0.05) is 6.42 Å². The number of carbonyl (C=O) groups excluding carboxylic acids is 1. The molecular formula is C10H18N2O2. The first-order valence-electron chi connectivity index (χ1n) is 5.36. The van der Waals surface area contributed by atoms with E-state index < -0.39 is 0 Å². The molecule has 0 spiro atoms. The molecule has 0 saturated carbocycles. The van der Waals surface area contributed by atoms with Gasteiger partial charge >= 0.3 is 0 Å². The Morgan fingerprint density at radius 2 is 2.21 bits per heavy atom. The molecule has 2 aliphatic rings. The van der Waals surface area contributed by atoms with Gasteiger partial charge in [-0.15, -0.1) is 0 Å². The lowest BCUT2D eigenvalue weighted by molar-refractivity contribution is -0.145. The Bertz CT molecular complexity index is 208. The first-order chi connectivity index (χ1) is 6.81. The van der Waals surface area contributed by atoms with Crippen LogP contribution in [-0.2, 0) is 9.53 Å². The summed E-state index contributed by atoms with van der Waals surface area (Å²) < 4.78 is 5.14. The molecular weight excluding hydrogens is 180 g/mol. The van der Waals surface area contributed by atoms with Gasteiger partial charge in [0, 0.05) is 20.2 Å². The quantitative estimate of drug-likeness (QED) is 0.678. The van der Waals surface area contributed by atoms with E-state index in [1.165, 1.54) is 12.8 Å². The molecule has 1 atom stereocenters. The largest absolute Gasteiger partial charge is 0.378 e. The Morgan fingerprint density at radius 1 is 1.43 bits per heavy atom. The first kappa shape index (κ1) is 9.93. The first-order valence-corrected chi connectivity index (χ1v) is 5.36. The summed E-state index contributed by atoms with van der Waals surface area (Å²) >= 11 is 0. The van der Waals surface area contributed by atoms with Crippen LogP contribution in [0.15, 0.2) is 0 Å². The Labute approximate surface area is 84.6 Å². The molecule has 80 valence electrons. The monoisotopic (exact) mass is 198 g/mol. The molecule has 0 bridgehead atoms. The van der Waals surface area contributed by atoms with Gasteiger partial charge in [0.1, 0.15) is 0 Å². The molecule has 0 aromatic carbocycles. The number of rotatable bonds is 2. The fourth-order valence-corrected chi connectivity index (χ4v) is 2.05. The number of nitrogens with zero attached hydrogens (tertiary/aromatic N) is 1. The van der Waals surface area contributed by atoms with Gasteiger partial charge in [0.15, 0.2) is 0 Å². The standard InChI is InChI=1S/C10H18N2O2/c1-14-8-6-12(7-8)10(13)9-4-2-3-5-11-9/h8-9,11H,2-7H2,1H3. The van der Waals surface area contributed by atoms with Crippen LogP contribution in [0.1, 0.15) is 19.3 Å². The lowest BCUT2D eigenvalue weighted by Gasteiger charge is -2.40. The van der Waals surface area contributed by atoms with Crippen molar-refractivity contribution in [2.75, 3.05) is 26.7 Å². The molecule has 2 heterocycles. The van der Waals surface area contributed by atoms with Crippen molar-refractivity contribution in [3.8, 4) is 0 Å². The highest BCUT2D eigenvalue weighted by Gasteiger charge is 2.34. The van der Waals surface area contributed by atoms with Gasteiger partial charge in [-0.2, -0.15) is 0 Å². The molecule has 0 aromatic rings. The van der Waals surface area contributed by atoms with Gasteiger partial charge in [-0.25, -0.2) is 0 Å². The molecule has 4 heteroatoms. The molecule has 2 saturated heterocycles. The van der Waals surface area contributed by atoms with E-state index in [-0.39, 0.29) is 18.1 Å². The predicted molar refractivity (Wildman–Crippen MR) is 53.0 cm³/mol. The zero-order valence-electron chi connectivity index (χ0n) is 8.66. The van der Waals surface area contributed by atoms with E-state index in [1.807, 2.05) is 4.90 Å². The van der Waals surface area contributed by atoms with Crippen LogP contribution in [0.5, 0.6) is 0 Å². The summed E-state index contributed by atoms with van der Waals surface area (Å²) in [5.74, 6) is 0.262. The van der Waals surface area contributed by atoms with Crippen LogP contribution in [0.25, 0.3) is 0 Å². The van der Waals surface area contributed by atoms with E-state index in [0.717, 1.165) is 26.1 Å². The molecule has 1 amide bonds. The van der Waals surface area contributed by atoms with E-state index in [1.54, 1.807) is 7.11 Å². The van der Waals surface area contributed by atoms with Crippen LogP contribution in [0.3, 0.4) is 0 Å². The number of amides is 1. The minimum absolute atomic E-state index is 0.0709. The lowest BCUT2D eigenvalue weighted by Crippen LogP contribution is -2.59. The molecule has 14 heavy (non-hydrogen) atoms. The number of nitrogens with one attached hydrogen (secondary N) is 1. The van der Waals surface area contributed by atoms with Gasteiger partial charge < -0.3 is 15.0 Å². The number of ether oxygens (including phenoxy) is 1. The van der Waals surface area contributed by atoms with Crippen molar-refractivity contribution in [1.29, 1.82) is 0 Å². The molecule has 2 rings (SSSR count). The van der Waals surface area contributed by atoms with E-state index in [4.69, 9.17) is 4.74 Å². The van der Waals surface area contributed by atoms with Gasteiger partial charge in [-0.3, -0.25) is 4.79 Å². The summed E-state index contributed by atoms with van der Waals surface area (Å²) in [6, 6.07) is 0.0709. The van der Waals surface area contributed by atoms with Gasteiger partial charge in [0.25, 0.3) is 0 Å². The van der Waals surface area contributed by atoms with Crippen molar-refractivity contribution in [1.82, 2.24) is 10.2 Å². The number of hydrogen-bond acceptors (Lipinski definition) is 3. The Hall–Kier alpha value is -0.610. The Kier molecular flexibility index (Phi) is 3.03. The van der Waals surface area contributed by atoms with Crippen LogP contribution in [-0.4, -0.2) is 49.7 Å². The van der Waals surface area contributed by atoms with Crippen LogP contribution < -0.4 is 5.32 Å². The topological polar surface area (TPSA) is 41.6 Å². The second kappa shape index (κ2) is 4.28. The molecule has 2 aliphatic heterocycles. The summed E-state index contributed by atoms with van der Waals surface area (Å²) in [5.41, 5.74) is 0. The number of hydrogen-bond donors (Lipinski definition) is 1. The van der Waals surface area contributed by atoms with E-state index >= 15 is 0 Å². The second-order valence-electron chi connectivity index (χ2n) is 4.10. The third-order valence-electron chi connectivity index (χ3n) is 3.10. The maximum Gasteiger partial charge on any atom is 0.239 e. The van der Waals surface area contributed by atoms with Crippen molar-refractivity contribution in [2.45, 2.75) is 31.4 Å². The number of methoxy groups -OCH3 is 1. The van der Waals surface area contributed by atoms with Crippen molar-refractivity contribution >= 4 is 5.91 Å². The SMILES string of the molecule is COC1CN(C(=O)C2CCCCN2)C1. The summed E-state index contributed by atoms with van der Waals surface area (Å²) in [6.07, 6.45) is 3.63. The van der Waals surface area contributed by atoms with Crippen LogP contribution in [0.4, 0.5) is 0 Å². The summed E-state index contributed by atoms with van der Waals surface area (Å²) in [7, 11) is 1.70. The molecule has 0 aliphatic carbocycles. The minimum atomic E-state index is 0.0709. The zero-order valence-corrected chi connectivity index (χ0v) is 8.66. The zero-order chi connectivity index (χ0) is 9.97. The van der Waals surface area contributed by atoms with Crippen molar-refractivity contribution < 1.29 is 9.53 Å². The highest BCUT2D eigenvalue weighted by Crippen LogP contribution is 2.16. The maximum absolute atomic E-state index is 11.8. The number of likely N-dealkylation sites (tertiary alicyclic amines) is 1. The number of carbonyl (C=O) groups is 1. The van der Waals surface area contributed by atoms with Crippen LogP contribution >= 0.6 is 0 Å².